The van der Waals surface area contributed by atoms with Crippen LogP contribution in [-0.2, 0) is 16.0 Å². The minimum Gasteiger partial charge on any atom is -0.491 e. The van der Waals surface area contributed by atoms with Crippen molar-refractivity contribution in [2.75, 3.05) is 46.2 Å². The summed E-state index contributed by atoms with van der Waals surface area (Å²) in [4.78, 5) is 27.0. The molecule has 3 aromatic rings. The number of benzene rings is 3. The lowest BCUT2D eigenvalue weighted by molar-refractivity contribution is -0.121. The van der Waals surface area contributed by atoms with Crippen molar-refractivity contribution in [1.82, 2.24) is 4.90 Å². The molecule has 7 heteroatoms. The van der Waals surface area contributed by atoms with Crippen molar-refractivity contribution in [3.05, 3.63) is 95.1 Å². The average molecular weight is 532 g/mol. The SMILES string of the molecule is O=C1COc2ccc(C(=O)N3CCC([C@H](c4ccccc4)c4ccc(OCCOCCF)cc4)CC3)cc2C1. The Labute approximate surface area is 228 Å². The molecule has 0 N–H and O–H groups in total. The number of carbonyl (C=O) groups excluding carboxylic acids is 2. The van der Waals surface area contributed by atoms with Crippen LogP contribution in [0.5, 0.6) is 11.5 Å². The molecule has 0 unspecified atom stereocenters. The quantitative estimate of drug-likeness (QED) is 0.335. The van der Waals surface area contributed by atoms with Gasteiger partial charge in [0.2, 0.25) is 0 Å². The number of likely N-dealkylation sites (tertiary alicyclic amines) is 1. The second-order valence-electron chi connectivity index (χ2n) is 10.1. The van der Waals surface area contributed by atoms with Crippen LogP contribution in [0.2, 0.25) is 0 Å². The number of hydrogen-bond acceptors (Lipinski definition) is 5. The molecule has 0 bridgehead atoms. The van der Waals surface area contributed by atoms with Crippen LogP contribution in [0.4, 0.5) is 4.39 Å². The number of Topliss-reactive ketones (excluding diaryl/α,β-unsaturated/α-hetero) is 1. The van der Waals surface area contributed by atoms with Crippen molar-refractivity contribution >= 4 is 11.7 Å². The van der Waals surface area contributed by atoms with E-state index in [1.807, 2.05) is 29.2 Å². The first-order chi connectivity index (χ1) is 19.1. The highest BCUT2D eigenvalue weighted by Gasteiger charge is 2.31. The van der Waals surface area contributed by atoms with Gasteiger partial charge in [-0.05, 0) is 60.2 Å². The summed E-state index contributed by atoms with van der Waals surface area (Å²) in [5.41, 5.74) is 3.87. The van der Waals surface area contributed by atoms with Crippen molar-refractivity contribution < 1.29 is 28.2 Å². The first-order valence-corrected chi connectivity index (χ1v) is 13.6. The molecule has 1 amide bonds. The lowest BCUT2D eigenvalue weighted by Gasteiger charge is -2.37. The second kappa shape index (κ2) is 12.9. The summed E-state index contributed by atoms with van der Waals surface area (Å²) < 4.78 is 28.5. The van der Waals surface area contributed by atoms with E-state index in [2.05, 4.69) is 36.4 Å². The van der Waals surface area contributed by atoms with Gasteiger partial charge in [-0.3, -0.25) is 9.59 Å². The number of halogens is 1. The molecule has 1 atom stereocenters. The van der Waals surface area contributed by atoms with Gasteiger partial charge in [-0.25, -0.2) is 4.39 Å². The van der Waals surface area contributed by atoms with Gasteiger partial charge in [-0.1, -0.05) is 42.5 Å². The maximum atomic E-state index is 13.3. The Kier molecular flexibility index (Phi) is 8.89. The summed E-state index contributed by atoms with van der Waals surface area (Å²) in [6.45, 7) is 1.79. The molecule has 39 heavy (non-hydrogen) atoms. The Morgan fingerprint density at radius 3 is 2.44 bits per heavy atom. The van der Waals surface area contributed by atoms with Gasteiger partial charge < -0.3 is 19.1 Å². The average Bonchev–Trinajstić information content (AvgIpc) is 2.98. The van der Waals surface area contributed by atoms with Crippen LogP contribution in [0.3, 0.4) is 0 Å². The number of rotatable bonds is 10. The predicted octanol–water partition coefficient (Wildman–Crippen LogP) is 5.24. The number of piperidine rings is 1. The molecule has 5 rings (SSSR count). The molecule has 1 saturated heterocycles. The van der Waals surface area contributed by atoms with Gasteiger partial charge in [-0.2, -0.15) is 0 Å². The van der Waals surface area contributed by atoms with Crippen LogP contribution >= 0.6 is 0 Å². The van der Waals surface area contributed by atoms with Gasteiger partial charge in [0.1, 0.15) is 31.4 Å². The third-order valence-corrected chi connectivity index (χ3v) is 7.50. The third kappa shape index (κ3) is 6.66. The molecule has 2 heterocycles. The van der Waals surface area contributed by atoms with E-state index >= 15 is 0 Å². The molecule has 0 aliphatic carbocycles. The molecule has 0 spiro atoms. The molecule has 2 aliphatic rings. The maximum Gasteiger partial charge on any atom is 0.253 e. The van der Waals surface area contributed by atoms with E-state index in [9.17, 15) is 14.0 Å². The highest BCUT2D eigenvalue weighted by atomic mass is 19.1. The summed E-state index contributed by atoms with van der Waals surface area (Å²) in [6, 6.07) is 24.1. The summed E-state index contributed by atoms with van der Waals surface area (Å²) in [7, 11) is 0. The number of alkyl halides is 1. The first kappa shape index (κ1) is 26.9. The Hall–Kier alpha value is -3.71. The fourth-order valence-corrected chi connectivity index (χ4v) is 5.58. The van der Waals surface area contributed by atoms with E-state index in [1.54, 1.807) is 12.1 Å². The van der Waals surface area contributed by atoms with Crippen LogP contribution in [0.25, 0.3) is 0 Å². The molecule has 0 radical (unpaired) electrons. The molecule has 204 valence electrons. The molecule has 2 aliphatic heterocycles. The number of amides is 1. The van der Waals surface area contributed by atoms with Gasteiger partial charge in [0.05, 0.1) is 13.2 Å². The zero-order valence-corrected chi connectivity index (χ0v) is 22.0. The zero-order valence-electron chi connectivity index (χ0n) is 22.0. The molecule has 1 fully saturated rings. The fraction of sp³-hybridized carbons (Fsp3) is 0.375. The predicted molar refractivity (Wildman–Crippen MR) is 146 cm³/mol. The highest BCUT2D eigenvalue weighted by Crippen LogP contribution is 2.39. The van der Waals surface area contributed by atoms with E-state index in [-0.39, 0.29) is 30.8 Å². The fourth-order valence-electron chi connectivity index (χ4n) is 5.58. The van der Waals surface area contributed by atoms with Gasteiger partial charge in [-0.15, -0.1) is 0 Å². The third-order valence-electron chi connectivity index (χ3n) is 7.50. The number of ether oxygens (including phenoxy) is 3. The minimum absolute atomic E-state index is 0.00234. The molecular weight excluding hydrogens is 497 g/mol. The van der Waals surface area contributed by atoms with E-state index in [0.717, 1.165) is 24.2 Å². The monoisotopic (exact) mass is 531 g/mol. The number of ketones is 1. The first-order valence-electron chi connectivity index (χ1n) is 13.6. The van der Waals surface area contributed by atoms with E-state index < -0.39 is 6.67 Å². The van der Waals surface area contributed by atoms with Crippen LogP contribution < -0.4 is 9.47 Å². The Bertz CT molecular complexity index is 1260. The zero-order chi connectivity index (χ0) is 27.0. The maximum absolute atomic E-state index is 13.3. The van der Waals surface area contributed by atoms with Crippen LogP contribution in [0.15, 0.2) is 72.8 Å². The molecule has 6 nitrogen and oxygen atoms in total. The smallest absolute Gasteiger partial charge is 0.253 e. The summed E-state index contributed by atoms with van der Waals surface area (Å²) in [5, 5.41) is 0. The van der Waals surface area contributed by atoms with Crippen LogP contribution in [-0.4, -0.2) is 62.8 Å². The largest absolute Gasteiger partial charge is 0.491 e. The molecular formula is C32H34FNO5. The summed E-state index contributed by atoms with van der Waals surface area (Å²) >= 11 is 0. The van der Waals surface area contributed by atoms with Gasteiger partial charge in [0.15, 0.2) is 5.78 Å². The van der Waals surface area contributed by atoms with Crippen molar-refractivity contribution in [3.63, 3.8) is 0 Å². The van der Waals surface area contributed by atoms with Crippen molar-refractivity contribution in [3.8, 4) is 11.5 Å². The van der Waals surface area contributed by atoms with E-state index in [1.165, 1.54) is 11.1 Å². The van der Waals surface area contributed by atoms with Crippen LogP contribution in [0, 0.1) is 5.92 Å². The summed E-state index contributed by atoms with van der Waals surface area (Å²) in [6.07, 6.45) is 2.10. The Balaban J connectivity index is 1.25. The van der Waals surface area contributed by atoms with Crippen molar-refractivity contribution in [1.29, 1.82) is 0 Å². The van der Waals surface area contributed by atoms with Crippen molar-refractivity contribution in [2.45, 2.75) is 25.2 Å². The highest BCUT2D eigenvalue weighted by molar-refractivity contribution is 5.95. The van der Waals surface area contributed by atoms with Crippen LogP contribution in [0.1, 0.15) is 45.8 Å². The number of hydrogen-bond donors (Lipinski definition) is 0. The summed E-state index contributed by atoms with van der Waals surface area (Å²) in [5.74, 6) is 2.07. The lowest BCUT2D eigenvalue weighted by atomic mass is 9.76. The Morgan fingerprint density at radius 2 is 1.69 bits per heavy atom. The normalized spacial score (nSPS) is 16.3. The Morgan fingerprint density at radius 1 is 0.949 bits per heavy atom. The molecule has 3 aromatic carbocycles. The van der Waals surface area contributed by atoms with Crippen molar-refractivity contribution in [2.24, 2.45) is 5.92 Å². The molecule has 0 aromatic heterocycles. The van der Waals surface area contributed by atoms with Gasteiger partial charge >= 0.3 is 0 Å². The van der Waals surface area contributed by atoms with E-state index in [0.29, 0.717) is 50.0 Å². The minimum atomic E-state index is -0.492. The second-order valence-corrected chi connectivity index (χ2v) is 10.1. The lowest BCUT2D eigenvalue weighted by Crippen LogP contribution is -2.40. The number of nitrogens with zero attached hydrogens (tertiary/aromatic N) is 1. The van der Waals surface area contributed by atoms with Gasteiger partial charge in [0.25, 0.3) is 5.91 Å². The number of fused-ring (bicyclic) bond motifs is 1. The molecule has 0 saturated carbocycles. The number of carbonyl (C=O) groups is 2. The van der Waals surface area contributed by atoms with E-state index in [4.69, 9.17) is 14.2 Å². The topological polar surface area (TPSA) is 65.1 Å². The standard InChI is InChI=1S/C32H34FNO5/c33-14-17-37-18-19-38-29-9-6-24(7-10-29)31(23-4-2-1-3-5-23)25-12-15-34(16-13-25)32(36)26-8-11-30-27(20-26)21-28(35)22-39-30/h1-11,20,25,31H,12-19,21-22H2/t31-/m1/s1. The van der Waals surface area contributed by atoms with Gasteiger partial charge in [0, 0.05) is 36.6 Å².